The summed E-state index contributed by atoms with van der Waals surface area (Å²) in [6.07, 6.45) is 2.65. The van der Waals surface area contributed by atoms with E-state index < -0.39 is 0 Å². The molecule has 0 saturated heterocycles. The number of oxazole rings is 1. The standard InChI is InChI=1S/C16H17N3O/c1-3-12-9-18-16(20-12)10-17-15-8-11(2)19-14-7-5-4-6-13(14)15/h4-9H,3,10H2,1-2H3,(H,17,19). The molecule has 20 heavy (non-hydrogen) atoms. The number of pyridine rings is 1. The van der Waals surface area contributed by atoms with Gasteiger partial charge in [-0.15, -0.1) is 0 Å². The van der Waals surface area contributed by atoms with Crippen molar-refractivity contribution in [2.75, 3.05) is 5.32 Å². The van der Waals surface area contributed by atoms with Crippen LogP contribution in [0.4, 0.5) is 5.69 Å². The highest BCUT2D eigenvalue weighted by Gasteiger charge is 2.06. The summed E-state index contributed by atoms with van der Waals surface area (Å²) < 4.78 is 5.61. The van der Waals surface area contributed by atoms with Gasteiger partial charge in [-0.3, -0.25) is 4.98 Å². The molecule has 0 spiro atoms. The number of anilines is 1. The van der Waals surface area contributed by atoms with Crippen molar-refractivity contribution in [2.45, 2.75) is 26.8 Å². The number of aryl methyl sites for hydroxylation is 2. The van der Waals surface area contributed by atoms with Crippen LogP contribution in [-0.4, -0.2) is 9.97 Å². The van der Waals surface area contributed by atoms with Crippen LogP contribution in [-0.2, 0) is 13.0 Å². The Balaban J connectivity index is 1.86. The Morgan fingerprint density at radius 2 is 2.10 bits per heavy atom. The maximum atomic E-state index is 5.61. The summed E-state index contributed by atoms with van der Waals surface area (Å²) in [7, 11) is 0. The van der Waals surface area contributed by atoms with Crippen LogP contribution in [0.2, 0.25) is 0 Å². The summed E-state index contributed by atoms with van der Waals surface area (Å²) in [6, 6.07) is 10.2. The van der Waals surface area contributed by atoms with Crippen LogP contribution < -0.4 is 5.32 Å². The lowest BCUT2D eigenvalue weighted by Crippen LogP contribution is -2.01. The summed E-state index contributed by atoms with van der Waals surface area (Å²) in [6.45, 7) is 4.63. The van der Waals surface area contributed by atoms with Gasteiger partial charge in [0, 0.05) is 23.2 Å². The average Bonchev–Trinajstić information content (AvgIpc) is 2.92. The van der Waals surface area contributed by atoms with E-state index >= 15 is 0 Å². The van der Waals surface area contributed by atoms with Gasteiger partial charge in [0.15, 0.2) is 0 Å². The molecule has 0 amide bonds. The highest BCUT2D eigenvalue weighted by molar-refractivity contribution is 5.91. The number of hydrogen-bond donors (Lipinski definition) is 1. The quantitative estimate of drug-likeness (QED) is 0.783. The first kappa shape index (κ1) is 12.7. The van der Waals surface area contributed by atoms with E-state index in [4.69, 9.17) is 4.42 Å². The van der Waals surface area contributed by atoms with E-state index in [2.05, 4.69) is 28.3 Å². The third-order valence-corrected chi connectivity index (χ3v) is 3.22. The van der Waals surface area contributed by atoms with Gasteiger partial charge < -0.3 is 9.73 Å². The number of nitrogens with one attached hydrogen (secondary N) is 1. The number of fused-ring (bicyclic) bond motifs is 1. The van der Waals surface area contributed by atoms with E-state index in [0.29, 0.717) is 12.4 Å². The average molecular weight is 267 g/mol. The molecule has 0 bridgehead atoms. The van der Waals surface area contributed by atoms with Gasteiger partial charge in [-0.25, -0.2) is 4.98 Å². The number of benzene rings is 1. The molecule has 0 fully saturated rings. The lowest BCUT2D eigenvalue weighted by Gasteiger charge is -2.09. The Hall–Kier alpha value is -2.36. The first-order valence-corrected chi connectivity index (χ1v) is 6.80. The Morgan fingerprint density at radius 3 is 2.90 bits per heavy atom. The topological polar surface area (TPSA) is 51.0 Å². The first-order valence-electron chi connectivity index (χ1n) is 6.80. The third kappa shape index (κ3) is 2.50. The molecule has 1 aromatic carbocycles. The summed E-state index contributed by atoms with van der Waals surface area (Å²) in [5.74, 6) is 1.62. The van der Waals surface area contributed by atoms with Crippen LogP contribution in [0.15, 0.2) is 40.9 Å². The molecular formula is C16H17N3O. The molecule has 0 atom stereocenters. The van der Waals surface area contributed by atoms with E-state index in [-0.39, 0.29) is 0 Å². The molecule has 0 aliphatic rings. The normalized spacial score (nSPS) is 10.9. The SMILES string of the molecule is CCc1cnc(CNc2cc(C)nc3ccccc23)o1. The fourth-order valence-electron chi connectivity index (χ4n) is 2.22. The minimum Gasteiger partial charge on any atom is -0.444 e. The van der Waals surface area contributed by atoms with Crippen molar-refractivity contribution in [1.82, 2.24) is 9.97 Å². The smallest absolute Gasteiger partial charge is 0.213 e. The van der Waals surface area contributed by atoms with Crippen molar-refractivity contribution in [2.24, 2.45) is 0 Å². The van der Waals surface area contributed by atoms with Gasteiger partial charge in [0.05, 0.1) is 18.3 Å². The molecule has 4 nitrogen and oxygen atoms in total. The predicted octanol–water partition coefficient (Wildman–Crippen LogP) is 3.71. The van der Waals surface area contributed by atoms with E-state index in [1.54, 1.807) is 6.20 Å². The molecule has 0 aliphatic carbocycles. The molecule has 102 valence electrons. The van der Waals surface area contributed by atoms with Crippen LogP contribution >= 0.6 is 0 Å². The van der Waals surface area contributed by atoms with E-state index in [1.165, 1.54) is 0 Å². The van der Waals surface area contributed by atoms with Crippen molar-refractivity contribution in [3.8, 4) is 0 Å². The zero-order valence-electron chi connectivity index (χ0n) is 11.7. The summed E-state index contributed by atoms with van der Waals surface area (Å²) in [5, 5.41) is 4.50. The van der Waals surface area contributed by atoms with E-state index in [1.807, 2.05) is 31.2 Å². The molecule has 1 N–H and O–H groups in total. The Morgan fingerprint density at radius 1 is 1.25 bits per heavy atom. The van der Waals surface area contributed by atoms with Crippen molar-refractivity contribution < 1.29 is 4.42 Å². The maximum absolute atomic E-state index is 5.61. The second kappa shape index (κ2) is 5.33. The summed E-state index contributed by atoms with van der Waals surface area (Å²) >= 11 is 0. The zero-order valence-corrected chi connectivity index (χ0v) is 11.7. The van der Waals surface area contributed by atoms with Crippen molar-refractivity contribution in [3.63, 3.8) is 0 Å². The fourth-order valence-corrected chi connectivity index (χ4v) is 2.22. The number of aromatic nitrogens is 2. The predicted molar refractivity (Wildman–Crippen MR) is 79.7 cm³/mol. The highest BCUT2D eigenvalue weighted by Crippen LogP contribution is 2.23. The zero-order chi connectivity index (χ0) is 13.9. The Bertz CT molecular complexity index is 733. The summed E-state index contributed by atoms with van der Waals surface area (Å²) in [4.78, 5) is 8.79. The van der Waals surface area contributed by atoms with E-state index in [0.717, 1.165) is 34.5 Å². The van der Waals surface area contributed by atoms with Gasteiger partial charge in [0.25, 0.3) is 0 Å². The minimum absolute atomic E-state index is 0.577. The number of para-hydroxylation sites is 1. The molecule has 0 unspecified atom stereocenters. The van der Waals surface area contributed by atoms with Crippen molar-refractivity contribution in [3.05, 3.63) is 53.9 Å². The third-order valence-electron chi connectivity index (χ3n) is 3.22. The molecule has 0 saturated carbocycles. The van der Waals surface area contributed by atoms with Crippen LogP contribution in [0.25, 0.3) is 10.9 Å². The Labute approximate surface area is 117 Å². The van der Waals surface area contributed by atoms with Gasteiger partial charge in [-0.2, -0.15) is 0 Å². The lowest BCUT2D eigenvalue weighted by molar-refractivity contribution is 0.466. The molecular weight excluding hydrogens is 250 g/mol. The van der Waals surface area contributed by atoms with Crippen LogP contribution in [0.1, 0.15) is 24.3 Å². The van der Waals surface area contributed by atoms with Crippen LogP contribution in [0.3, 0.4) is 0 Å². The molecule has 2 aromatic heterocycles. The molecule has 0 aliphatic heterocycles. The van der Waals surface area contributed by atoms with Crippen molar-refractivity contribution in [1.29, 1.82) is 0 Å². The van der Waals surface area contributed by atoms with Gasteiger partial charge in [0.1, 0.15) is 5.76 Å². The van der Waals surface area contributed by atoms with Gasteiger partial charge in [-0.05, 0) is 19.1 Å². The van der Waals surface area contributed by atoms with Gasteiger partial charge >= 0.3 is 0 Å². The maximum Gasteiger partial charge on any atom is 0.213 e. The molecule has 0 radical (unpaired) electrons. The first-order chi connectivity index (χ1) is 9.76. The number of rotatable bonds is 4. The number of nitrogens with zero attached hydrogens (tertiary/aromatic N) is 2. The van der Waals surface area contributed by atoms with Crippen LogP contribution in [0.5, 0.6) is 0 Å². The fraction of sp³-hybridized carbons (Fsp3) is 0.250. The number of hydrogen-bond acceptors (Lipinski definition) is 4. The van der Waals surface area contributed by atoms with Gasteiger partial charge in [-0.1, -0.05) is 25.1 Å². The largest absolute Gasteiger partial charge is 0.444 e. The lowest BCUT2D eigenvalue weighted by atomic mass is 10.1. The highest BCUT2D eigenvalue weighted by atomic mass is 16.4. The molecule has 2 heterocycles. The van der Waals surface area contributed by atoms with Crippen LogP contribution in [0, 0.1) is 6.92 Å². The molecule has 4 heteroatoms. The second-order valence-electron chi connectivity index (χ2n) is 4.76. The summed E-state index contributed by atoms with van der Waals surface area (Å²) in [5.41, 5.74) is 3.05. The molecule has 3 rings (SSSR count). The molecule has 3 aromatic rings. The minimum atomic E-state index is 0.577. The Kier molecular flexibility index (Phi) is 3.37. The monoisotopic (exact) mass is 267 g/mol. The van der Waals surface area contributed by atoms with E-state index in [9.17, 15) is 0 Å². The van der Waals surface area contributed by atoms with Crippen molar-refractivity contribution >= 4 is 16.6 Å². The second-order valence-corrected chi connectivity index (χ2v) is 4.76. The van der Waals surface area contributed by atoms with Gasteiger partial charge in [0.2, 0.25) is 5.89 Å².